The van der Waals surface area contributed by atoms with Gasteiger partial charge >= 0.3 is 6.18 Å². The molecule has 0 N–H and O–H groups in total. The minimum absolute atomic E-state index is 0.0283. The summed E-state index contributed by atoms with van der Waals surface area (Å²) in [5.41, 5.74) is -1.25. The maximum Gasteiger partial charge on any atom is 0.418 e. The van der Waals surface area contributed by atoms with Gasteiger partial charge in [-0.15, -0.1) is 5.10 Å². The summed E-state index contributed by atoms with van der Waals surface area (Å²) < 4.78 is 50.5. The Morgan fingerprint density at radius 1 is 1.25 bits per heavy atom. The predicted molar refractivity (Wildman–Crippen MR) is 129 cm³/mol. The van der Waals surface area contributed by atoms with Gasteiger partial charge in [0.15, 0.2) is 5.82 Å². The summed E-state index contributed by atoms with van der Waals surface area (Å²) in [6.07, 6.45) is -0.209. The second-order valence-corrected chi connectivity index (χ2v) is 10.7. The Labute approximate surface area is 211 Å². The molecule has 3 aliphatic rings. The van der Waals surface area contributed by atoms with Crippen LogP contribution in [0.15, 0.2) is 12.3 Å². The van der Waals surface area contributed by atoms with Gasteiger partial charge in [0.1, 0.15) is 0 Å². The van der Waals surface area contributed by atoms with Crippen molar-refractivity contribution >= 4 is 11.7 Å². The molecule has 1 saturated carbocycles. The topological polar surface area (TPSA) is 71.0 Å². The molecule has 1 aromatic rings. The number of ether oxygens (including phenoxy) is 2. The van der Waals surface area contributed by atoms with Gasteiger partial charge in [0.25, 0.3) is 0 Å². The smallest absolute Gasteiger partial charge is 0.379 e. The first kappa shape index (κ1) is 27.1. The summed E-state index contributed by atoms with van der Waals surface area (Å²) in [5.74, 6) is 0.546. The highest BCUT2D eigenvalue weighted by molar-refractivity contribution is 5.84. The molecular weight excluding hydrogens is 475 g/mol. The van der Waals surface area contributed by atoms with Crippen molar-refractivity contribution in [3.63, 3.8) is 0 Å². The van der Waals surface area contributed by atoms with E-state index in [2.05, 4.69) is 36.0 Å². The van der Waals surface area contributed by atoms with Crippen LogP contribution in [0.1, 0.15) is 45.1 Å². The molecule has 11 heteroatoms. The lowest BCUT2D eigenvalue weighted by Crippen LogP contribution is -2.55. The summed E-state index contributed by atoms with van der Waals surface area (Å²) in [5, 5.41) is 7.44. The lowest BCUT2D eigenvalue weighted by Gasteiger charge is -2.43. The van der Waals surface area contributed by atoms with Gasteiger partial charge in [-0.3, -0.25) is 9.69 Å². The van der Waals surface area contributed by atoms with Crippen molar-refractivity contribution in [2.45, 2.75) is 63.9 Å². The van der Waals surface area contributed by atoms with Crippen LogP contribution in [0.3, 0.4) is 0 Å². The first-order valence-corrected chi connectivity index (χ1v) is 12.8. The second kappa shape index (κ2) is 10.8. The van der Waals surface area contributed by atoms with Crippen LogP contribution < -0.4 is 4.90 Å². The highest BCUT2D eigenvalue weighted by Crippen LogP contribution is 2.48. The zero-order chi connectivity index (χ0) is 26.1. The summed E-state index contributed by atoms with van der Waals surface area (Å²) in [7, 11) is 3.86. The van der Waals surface area contributed by atoms with Crippen molar-refractivity contribution in [1.82, 2.24) is 20.0 Å². The number of hydrogen-bond acceptors (Lipinski definition) is 7. The quantitative estimate of drug-likeness (QED) is 0.579. The maximum absolute atomic E-state index is 13.9. The average Bonchev–Trinajstić information content (AvgIpc) is 3.34. The molecule has 0 aromatic carbocycles. The molecule has 36 heavy (non-hydrogen) atoms. The largest absolute Gasteiger partial charge is 0.418 e. The van der Waals surface area contributed by atoms with E-state index in [1.54, 1.807) is 12.0 Å². The summed E-state index contributed by atoms with van der Waals surface area (Å²) in [4.78, 5) is 20.0. The zero-order valence-corrected chi connectivity index (χ0v) is 21.6. The van der Waals surface area contributed by atoms with Gasteiger partial charge in [-0.2, -0.15) is 18.3 Å². The van der Waals surface area contributed by atoms with Crippen LogP contribution >= 0.6 is 0 Å². The number of amides is 1. The van der Waals surface area contributed by atoms with Gasteiger partial charge in [0, 0.05) is 52.0 Å². The molecule has 8 nitrogen and oxygen atoms in total. The number of halogens is 3. The van der Waals surface area contributed by atoms with E-state index in [4.69, 9.17) is 9.47 Å². The Bertz CT molecular complexity index is 909. The molecule has 2 saturated heterocycles. The number of nitrogens with zero attached hydrogens (tertiary/aromatic N) is 5. The van der Waals surface area contributed by atoms with Gasteiger partial charge < -0.3 is 19.3 Å². The third-order valence-corrected chi connectivity index (χ3v) is 8.59. The molecule has 1 aliphatic carbocycles. The number of hydrogen-bond donors (Lipinski definition) is 0. The number of rotatable bonds is 6. The molecule has 1 amide bonds. The number of aromatic nitrogens is 2. The predicted octanol–water partition coefficient (Wildman–Crippen LogP) is 3.07. The number of carbonyl (C=O) groups is 1. The van der Waals surface area contributed by atoms with E-state index >= 15 is 0 Å². The number of carbonyl (C=O) groups excluding carboxylic acids is 1. The van der Waals surface area contributed by atoms with Gasteiger partial charge in [0.05, 0.1) is 29.9 Å². The standard InChI is InChI=1S/C25H38F3N5O3/c1-17(2)24(7-5-19(14-24)31(3)20-6-12-36-16-21(20)35-4)23(34)33-10-8-32(9-11-33)22-13-18(15-29-30-22)25(26,27)28/h13,15,17,19-21H,5-12,14,16H2,1-4H3/t19-,20+,21-,24+/m1/s1. The fraction of sp³-hybridized carbons (Fsp3) is 0.800. The SMILES string of the molecule is CO[C@@H]1COCC[C@@H]1N(C)[C@@H]1CC[C@@](C(=O)N2CCN(c3cc(C(F)(F)F)cnn3)CC2)(C(C)C)C1. The average molecular weight is 514 g/mol. The Morgan fingerprint density at radius 2 is 1.97 bits per heavy atom. The van der Waals surface area contributed by atoms with Crippen LogP contribution in [-0.2, 0) is 20.4 Å². The van der Waals surface area contributed by atoms with Crippen LogP contribution in [0.2, 0.25) is 0 Å². The van der Waals surface area contributed by atoms with E-state index in [0.717, 1.165) is 44.6 Å². The van der Waals surface area contributed by atoms with Gasteiger partial charge in [-0.05, 0) is 44.7 Å². The molecule has 0 spiro atoms. The van der Waals surface area contributed by atoms with E-state index < -0.39 is 17.2 Å². The molecule has 3 heterocycles. The third kappa shape index (κ3) is 5.33. The number of anilines is 1. The maximum atomic E-state index is 13.9. The number of piperazine rings is 1. The van der Waals surface area contributed by atoms with Crippen molar-refractivity contribution in [3.05, 3.63) is 17.8 Å². The Morgan fingerprint density at radius 3 is 2.61 bits per heavy atom. The zero-order valence-electron chi connectivity index (χ0n) is 21.6. The van der Waals surface area contributed by atoms with Crippen molar-refractivity contribution in [2.24, 2.45) is 11.3 Å². The van der Waals surface area contributed by atoms with Crippen molar-refractivity contribution in [3.8, 4) is 0 Å². The molecule has 2 aliphatic heterocycles. The minimum Gasteiger partial charge on any atom is -0.379 e. The Balaban J connectivity index is 1.41. The fourth-order valence-corrected chi connectivity index (χ4v) is 6.14. The Kier molecular flexibility index (Phi) is 8.11. The van der Waals surface area contributed by atoms with Gasteiger partial charge in [-0.1, -0.05) is 13.8 Å². The third-order valence-electron chi connectivity index (χ3n) is 8.59. The molecule has 1 aromatic heterocycles. The molecule has 4 atom stereocenters. The van der Waals surface area contributed by atoms with Crippen molar-refractivity contribution in [2.75, 3.05) is 58.5 Å². The van der Waals surface area contributed by atoms with Crippen LogP contribution in [0.5, 0.6) is 0 Å². The first-order chi connectivity index (χ1) is 17.1. The molecular formula is C25H38F3N5O3. The second-order valence-electron chi connectivity index (χ2n) is 10.7. The van der Waals surface area contributed by atoms with Gasteiger partial charge in [0.2, 0.25) is 5.91 Å². The molecule has 0 unspecified atom stereocenters. The molecule has 0 bridgehead atoms. The van der Waals surface area contributed by atoms with Crippen LogP contribution in [0, 0.1) is 11.3 Å². The van der Waals surface area contributed by atoms with Crippen molar-refractivity contribution in [1.29, 1.82) is 0 Å². The number of methoxy groups -OCH3 is 1. The lowest BCUT2D eigenvalue weighted by molar-refractivity contribution is -0.145. The summed E-state index contributed by atoms with van der Waals surface area (Å²) >= 11 is 0. The molecule has 3 fully saturated rings. The fourth-order valence-electron chi connectivity index (χ4n) is 6.14. The first-order valence-electron chi connectivity index (χ1n) is 12.8. The molecule has 202 valence electrons. The van der Waals surface area contributed by atoms with E-state index in [9.17, 15) is 18.0 Å². The van der Waals surface area contributed by atoms with Crippen LogP contribution in [-0.4, -0.2) is 97.6 Å². The van der Waals surface area contributed by atoms with Crippen molar-refractivity contribution < 1.29 is 27.4 Å². The van der Waals surface area contributed by atoms with E-state index in [1.165, 1.54) is 0 Å². The number of alkyl halides is 3. The monoisotopic (exact) mass is 513 g/mol. The summed E-state index contributed by atoms with van der Waals surface area (Å²) in [6, 6.07) is 1.59. The number of likely N-dealkylation sites (N-methyl/N-ethyl adjacent to an activating group) is 1. The van der Waals surface area contributed by atoms with Crippen LogP contribution in [0.4, 0.5) is 19.0 Å². The lowest BCUT2D eigenvalue weighted by atomic mass is 9.74. The van der Waals surface area contributed by atoms with E-state index in [-0.39, 0.29) is 29.8 Å². The van der Waals surface area contributed by atoms with E-state index in [1.807, 2.05) is 4.90 Å². The van der Waals surface area contributed by atoms with Gasteiger partial charge in [-0.25, -0.2) is 0 Å². The normalized spacial score (nSPS) is 29.9. The van der Waals surface area contributed by atoms with E-state index in [0.29, 0.717) is 38.8 Å². The molecule has 4 rings (SSSR count). The Hall–Kier alpha value is -1.98. The highest BCUT2D eigenvalue weighted by Gasteiger charge is 2.51. The molecule has 0 radical (unpaired) electrons. The highest BCUT2D eigenvalue weighted by atomic mass is 19.4. The van der Waals surface area contributed by atoms with Crippen LogP contribution in [0.25, 0.3) is 0 Å². The minimum atomic E-state index is -4.47. The summed E-state index contributed by atoms with van der Waals surface area (Å²) in [6.45, 7) is 7.33.